The Kier molecular flexibility index (Phi) is 8.30. The number of aliphatic carboxylic acids is 2. The standard InChI is InChI=1S/C25H38O4/c1-19-12-13-20(10-6-4-5-8-14-24(2,3)22(26)27)18-21(19)11-7-9-15-25(16-17-25)23(28)29/h12-13,18H,4-11,14-17H2,1-3H3,(H,26,27)(H,28,29). The first-order chi connectivity index (χ1) is 13.7. The Morgan fingerprint density at radius 2 is 1.62 bits per heavy atom. The Hall–Kier alpha value is -1.84. The van der Waals surface area contributed by atoms with E-state index in [-0.39, 0.29) is 0 Å². The summed E-state index contributed by atoms with van der Waals surface area (Å²) in [6.07, 6.45) is 11.7. The zero-order chi connectivity index (χ0) is 21.5. The smallest absolute Gasteiger partial charge is 0.309 e. The number of unbranched alkanes of at least 4 members (excludes halogenated alkanes) is 4. The van der Waals surface area contributed by atoms with Crippen LogP contribution in [0.4, 0.5) is 0 Å². The molecule has 0 saturated heterocycles. The minimum Gasteiger partial charge on any atom is -0.481 e. The topological polar surface area (TPSA) is 74.6 Å². The number of carbonyl (C=O) groups is 2. The molecule has 0 aliphatic heterocycles. The molecular formula is C25H38O4. The number of aryl methyl sites for hydroxylation is 3. The first kappa shape index (κ1) is 23.4. The van der Waals surface area contributed by atoms with Gasteiger partial charge in [0.15, 0.2) is 0 Å². The van der Waals surface area contributed by atoms with E-state index in [4.69, 9.17) is 5.11 Å². The number of hydrogen-bond donors (Lipinski definition) is 2. The van der Waals surface area contributed by atoms with Crippen molar-refractivity contribution in [2.24, 2.45) is 10.8 Å². The fraction of sp³-hybridized carbons (Fsp3) is 0.680. The minimum absolute atomic E-state index is 0.392. The van der Waals surface area contributed by atoms with Crippen molar-refractivity contribution in [1.29, 1.82) is 0 Å². The molecule has 1 aliphatic carbocycles. The molecule has 1 saturated carbocycles. The van der Waals surface area contributed by atoms with Crippen molar-refractivity contribution < 1.29 is 19.8 Å². The Balaban J connectivity index is 1.67. The molecule has 29 heavy (non-hydrogen) atoms. The van der Waals surface area contributed by atoms with E-state index in [0.29, 0.717) is 0 Å². The first-order valence-corrected chi connectivity index (χ1v) is 11.2. The van der Waals surface area contributed by atoms with Gasteiger partial charge in [0.25, 0.3) is 0 Å². The van der Waals surface area contributed by atoms with Crippen LogP contribution in [0.15, 0.2) is 18.2 Å². The molecule has 2 N–H and O–H groups in total. The van der Waals surface area contributed by atoms with Crippen molar-refractivity contribution in [3.05, 3.63) is 34.9 Å². The number of rotatable bonds is 14. The van der Waals surface area contributed by atoms with Crippen LogP contribution in [0.2, 0.25) is 0 Å². The molecule has 0 atom stereocenters. The van der Waals surface area contributed by atoms with Crippen LogP contribution in [0.5, 0.6) is 0 Å². The lowest BCUT2D eigenvalue weighted by atomic mass is 9.87. The van der Waals surface area contributed by atoms with E-state index >= 15 is 0 Å². The molecule has 0 spiro atoms. The zero-order valence-corrected chi connectivity index (χ0v) is 18.4. The molecule has 1 aromatic carbocycles. The largest absolute Gasteiger partial charge is 0.481 e. The summed E-state index contributed by atoms with van der Waals surface area (Å²) < 4.78 is 0. The van der Waals surface area contributed by atoms with Gasteiger partial charge < -0.3 is 10.2 Å². The monoisotopic (exact) mass is 402 g/mol. The number of carboxylic acids is 2. The van der Waals surface area contributed by atoms with E-state index in [1.165, 1.54) is 16.7 Å². The second-order valence-electron chi connectivity index (χ2n) is 9.66. The maximum absolute atomic E-state index is 11.3. The predicted octanol–water partition coefficient (Wildman–Crippen LogP) is 6.18. The van der Waals surface area contributed by atoms with E-state index < -0.39 is 22.8 Å². The van der Waals surface area contributed by atoms with Gasteiger partial charge in [-0.3, -0.25) is 9.59 Å². The van der Waals surface area contributed by atoms with Crippen LogP contribution in [-0.4, -0.2) is 22.2 Å². The Morgan fingerprint density at radius 1 is 0.966 bits per heavy atom. The molecule has 4 heteroatoms. The van der Waals surface area contributed by atoms with Crippen LogP contribution in [0.25, 0.3) is 0 Å². The van der Waals surface area contributed by atoms with Crippen molar-refractivity contribution in [3.63, 3.8) is 0 Å². The van der Waals surface area contributed by atoms with Crippen molar-refractivity contribution >= 4 is 11.9 Å². The number of hydrogen-bond acceptors (Lipinski definition) is 2. The highest BCUT2D eigenvalue weighted by Crippen LogP contribution is 2.50. The molecule has 1 fully saturated rings. The SMILES string of the molecule is Cc1ccc(CCCCCCC(C)(C)C(=O)O)cc1CCCCC1(C(=O)O)CC1. The second kappa shape index (κ2) is 10.3. The van der Waals surface area contributed by atoms with Gasteiger partial charge in [0.05, 0.1) is 10.8 Å². The molecule has 0 radical (unpaired) electrons. The summed E-state index contributed by atoms with van der Waals surface area (Å²) >= 11 is 0. The summed E-state index contributed by atoms with van der Waals surface area (Å²) in [5.41, 5.74) is 3.09. The molecule has 2 rings (SSSR count). The van der Waals surface area contributed by atoms with Gasteiger partial charge in [-0.15, -0.1) is 0 Å². The summed E-state index contributed by atoms with van der Waals surface area (Å²) in [6, 6.07) is 6.75. The van der Waals surface area contributed by atoms with Gasteiger partial charge in [0.1, 0.15) is 0 Å². The summed E-state index contributed by atoms with van der Waals surface area (Å²) in [4.78, 5) is 22.4. The first-order valence-electron chi connectivity index (χ1n) is 11.2. The van der Waals surface area contributed by atoms with Gasteiger partial charge in [-0.1, -0.05) is 43.9 Å². The van der Waals surface area contributed by atoms with E-state index in [2.05, 4.69) is 25.1 Å². The van der Waals surface area contributed by atoms with Crippen molar-refractivity contribution in [3.8, 4) is 0 Å². The Labute approximate surface area is 175 Å². The van der Waals surface area contributed by atoms with Crippen LogP contribution in [-0.2, 0) is 22.4 Å². The van der Waals surface area contributed by atoms with Gasteiger partial charge in [-0.25, -0.2) is 0 Å². The minimum atomic E-state index is -0.708. The van der Waals surface area contributed by atoms with Crippen LogP contribution < -0.4 is 0 Å². The highest BCUT2D eigenvalue weighted by Gasteiger charge is 2.49. The van der Waals surface area contributed by atoms with Gasteiger partial charge in [0.2, 0.25) is 0 Å². The number of carboxylic acid groups (broad SMARTS) is 2. The molecule has 0 amide bonds. The summed E-state index contributed by atoms with van der Waals surface area (Å²) in [7, 11) is 0. The van der Waals surface area contributed by atoms with E-state index in [0.717, 1.165) is 77.0 Å². The molecule has 1 aliphatic rings. The lowest BCUT2D eigenvalue weighted by Gasteiger charge is -2.18. The molecule has 0 bridgehead atoms. The molecule has 0 aromatic heterocycles. The van der Waals surface area contributed by atoms with E-state index in [1.54, 1.807) is 13.8 Å². The maximum Gasteiger partial charge on any atom is 0.309 e. The lowest BCUT2D eigenvalue weighted by Crippen LogP contribution is -2.23. The fourth-order valence-corrected chi connectivity index (χ4v) is 4.01. The quantitative estimate of drug-likeness (QED) is 0.365. The third kappa shape index (κ3) is 7.17. The normalized spacial score (nSPS) is 15.3. The number of benzene rings is 1. The van der Waals surface area contributed by atoms with Crippen LogP contribution in [0.3, 0.4) is 0 Å². The third-order valence-electron chi connectivity index (χ3n) is 6.67. The van der Waals surface area contributed by atoms with Crippen molar-refractivity contribution in [2.45, 2.75) is 97.8 Å². The third-order valence-corrected chi connectivity index (χ3v) is 6.67. The molecule has 1 aromatic rings. The van der Waals surface area contributed by atoms with Crippen LogP contribution >= 0.6 is 0 Å². The van der Waals surface area contributed by atoms with Crippen molar-refractivity contribution in [2.75, 3.05) is 0 Å². The molecule has 162 valence electrons. The average molecular weight is 403 g/mol. The summed E-state index contributed by atoms with van der Waals surface area (Å²) in [5, 5.41) is 18.4. The van der Waals surface area contributed by atoms with E-state index in [9.17, 15) is 14.7 Å². The second-order valence-corrected chi connectivity index (χ2v) is 9.66. The molecule has 0 unspecified atom stereocenters. The summed E-state index contributed by atoms with van der Waals surface area (Å²) in [6.45, 7) is 5.76. The van der Waals surface area contributed by atoms with Crippen LogP contribution in [0.1, 0.15) is 94.7 Å². The molecule has 0 heterocycles. The van der Waals surface area contributed by atoms with Gasteiger partial charge in [0, 0.05) is 0 Å². The predicted molar refractivity (Wildman–Crippen MR) is 116 cm³/mol. The van der Waals surface area contributed by atoms with E-state index in [1.807, 2.05) is 0 Å². The fourth-order valence-electron chi connectivity index (χ4n) is 4.01. The molecule has 4 nitrogen and oxygen atoms in total. The maximum atomic E-state index is 11.3. The van der Waals surface area contributed by atoms with Gasteiger partial charge >= 0.3 is 11.9 Å². The van der Waals surface area contributed by atoms with Crippen LogP contribution in [0, 0.1) is 17.8 Å². The highest BCUT2D eigenvalue weighted by molar-refractivity contribution is 5.77. The molecular weight excluding hydrogens is 364 g/mol. The Bertz CT molecular complexity index is 701. The van der Waals surface area contributed by atoms with Gasteiger partial charge in [-0.2, -0.15) is 0 Å². The lowest BCUT2D eigenvalue weighted by molar-refractivity contribution is -0.147. The van der Waals surface area contributed by atoms with Crippen molar-refractivity contribution in [1.82, 2.24) is 0 Å². The highest BCUT2D eigenvalue weighted by atomic mass is 16.4. The Morgan fingerprint density at radius 3 is 2.24 bits per heavy atom. The average Bonchev–Trinajstić information content (AvgIpc) is 3.45. The van der Waals surface area contributed by atoms with Gasteiger partial charge in [-0.05, 0) is 88.8 Å². The summed E-state index contributed by atoms with van der Waals surface area (Å²) in [5.74, 6) is -1.32. The zero-order valence-electron chi connectivity index (χ0n) is 18.4.